The van der Waals surface area contributed by atoms with Crippen LogP contribution in [0.1, 0.15) is 5.56 Å². The molecule has 0 fully saturated rings. The molecule has 1 heterocycles. The lowest BCUT2D eigenvalue weighted by Crippen LogP contribution is -2.23. The number of fused-ring (bicyclic) bond motifs is 1. The van der Waals surface area contributed by atoms with Gasteiger partial charge >= 0.3 is 6.09 Å². The highest BCUT2D eigenvalue weighted by molar-refractivity contribution is 5.83. The Bertz CT molecular complexity index is 517. The summed E-state index contributed by atoms with van der Waals surface area (Å²) in [4.78, 5) is 15.9. The molecule has 0 atom stereocenters. The maximum absolute atomic E-state index is 11.2. The molecule has 90 valence electrons. The summed E-state index contributed by atoms with van der Waals surface area (Å²) in [6, 6.07) is 8.10. The van der Waals surface area contributed by atoms with Crippen LogP contribution in [0.5, 0.6) is 0 Å². The Kier molecular flexibility index (Phi) is 3.32. The normalized spacial score (nSPS) is 10.5. The van der Waals surface area contributed by atoms with Crippen molar-refractivity contribution < 1.29 is 9.53 Å². The summed E-state index contributed by atoms with van der Waals surface area (Å²) in [5.74, 6) is 0. The van der Waals surface area contributed by atoms with Crippen molar-refractivity contribution in [2.45, 2.75) is 6.42 Å². The number of aromatic amines is 1. The number of hydrogen-bond donors (Lipinski definition) is 1. The molecule has 0 unspecified atom stereocenters. The third kappa shape index (κ3) is 2.58. The zero-order chi connectivity index (χ0) is 12.3. The van der Waals surface area contributed by atoms with Gasteiger partial charge in [-0.25, -0.2) is 4.79 Å². The molecule has 0 radical (unpaired) electrons. The largest absolute Gasteiger partial charge is 0.449 e. The molecule has 4 heteroatoms. The lowest BCUT2D eigenvalue weighted by molar-refractivity contribution is 0.119. The lowest BCUT2D eigenvalue weighted by atomic mass is 10.1. The number of nitrogens with zero attached hydrogens (tertiary/aromatic N) is 1. The highest BCUT2D eigenvalue weighted by Gasteiger charge is 2.06. The Morgan fingerprint density at radius 3 is 2.88 bits per heavy atom. The number of benzene rings is 1. The Morgan fingerprint density at radius 1 is 1.35 bits per heavy atom. The van der Waals surface area contributed by atoms with Gasteiger partial charge < -0.3 is 14.6 Å². The van der Waals surface area contributed by atoms with Crippen LogP contribution in [0.2, 0.25) is 0 Å². The maximum Gasteiger partial charge on any atom is 0.409 e. The average molecular weight is 232 g/mol. The molecule has 1 amide bonds. The molecule has 17 heavy (non-hydrogen) atoms. The van der Waals surface area contributed by atoms with Crippen LogP contribution in [-0.2, 0) is 11.2 Å². The predicted octanol–water partition coefficient (Wildman–Crippen LogP) is 2.41. The van der Waals surface area contributed by atoms with Gasteiger partial charge in [0.1, 0.15) is 0 Å². The summed E-state index contributed by atoms with van der Waals surface area (Å²) in [5.41, 5.74) is 2.29. The van der Waals surface area contributed by atoms with Crippen molar-refractivity contribution in [2.75, 3.05) is 20.7 Å². The molecule has 0 bridgehead atoms. The highest BCUT2D eigenvalue weighted by Crippen LogP contribution is 2.17. The van der Waals surface area contributed by atoms with E-state index in [0.717, 1.165) is 11.9 Å². The molecule has 0 saturated carbocycles. The highest BCUT2D eigenvalue weighted by atomic mass is 16.6. The molecular formula is C13H16N2O2. The van der Waals surface area contributed by atoms with Gasteiger partial charge in [0.2, 0.25) is 0 Å². The summed E-state index contributed by atoms with van der Waals surface area (Å²) < 4.78 is 5.10. The van der Waals surface area contributed by atoms with Crippen molar-refractivity contribution >= 4 is 17.0 Å². The second kappa shape index (κ2) is 4.91. The third-order valence-corrected chi connectivity index (χ3v) is 2.64. The summed E-state index contributed by atoms with van der Waals surface area (Å²) in [5, 5.41) is 1.19. The van der Waals surface area contributed by atoms with E-state index in [1.54, 1.807) is 14.1 Å². The van der Waals surface area contributed by atoms with Crippen LogP contribution in [0.15, 0.2) is 30.5 Å². The van der Waals surface area contributed by atoms with Crippen molar-refractivity contribution in [3.8, 4) is 0 Å². The number of ether oxygens (including phenoxy) is 1. The smallest absolute Gasteiger partial charge is 0.409 e. The molecule has 0 aliphatic heterocycles. The minimum absolute atomic E-state index is 0.301. The first-order valence-electron chi connectivity index (χ1n) is 5.57. The Morgan fingerprint density at radius 2 is 2.12 bits per heavy atom. The van der Waals surface area contributed by atoms with Crippen molar-refractivity contribution in [3.63, 3.8) is 0 Å². The van der Waals surface area contributed by atoms with Gasteiger partial charge in [0, 0.05) is 37.6 Å². The summed E-state index contributed by atoms with van der Waals surface area (Å²) in [6.07, 6.45) is 2.39. The van der Waals surface area contributed by atoms with Gasteiger partial charge in [-0.1, -0.05) is 18.2 Å². The topological polar surface area (TPSA) is 45.3 Å². The van der Waals surface area contributed by atoms with Gasteiger partial charge in [-0.05, 0) is 11.6 Å². The second-order valence-electron chi connectivity index (χ2n) is 4.12. The van der Waals surface area contributed by atoms with Crippen LogP contribution >= 0.6 is 0 Å². The van der Waals surface area contributed by atoms with E-state index in [0.29, 0.717) is 6.61 Å². The quantitative estimate of drug-likeness (QED) is 0.883. The van der Waals surface area contributed by atoms with E-state index < -0.39 is 0 Å². The van der Waals surface area contributed by atoms with E-state index in [2.05, 4.69) is 11.1 Å². The lowest BCUT2D eigenvalue weighted by Gasteiger charge is -2.10. The SMILES string of the molecule is CN(C)C(=O)OCCc1c[nH]c2ccccc12. The fraction of sp³-hybridized carbons (Fsp3) is 0.308. The zero-order valence-electron chi connectivity index (χ0n) is 10.1. The molecule has 4 nitrogen and oxygen atoms in total. The van der Waals surface area contributed by atoms with Gasteiger partial charge in [-0.2, -0.15) is 0 Å². The van der Waals surface area contributed by atoms with Gasteiger partial charge in [0.15, 0.2) is 0 Å². The molecule has 0 aliphatic carbocycles. The fourth-order valence-electron chi connectivity index (χ4n) is 1.72. The number of carbonyl (C=O) groups is 1. The molecule has 0 spiro atoms. The number of H-pyrrole nitrogens is 1. The molecule has 1 aromatic carbocycles. The second-order valence-corrected chi connectivity index (χ2v) is 4.12. The molecular weight excluding hydrogens is 216 g/mol. The number of hydrogen-bond acceptors (Lipinski definition) is 2. The van der Waals surface area contributed by atoms with Crippen LogP contribution in [0.25, 0.3) is 10.9 Å². The molecule has 2 rings (SSSR count). The number of aromatic nitrogens is 1. The number of amides is 1. The van der Waals surface area contributed by atoms with Crippen molar-refractivity contribution in [1.29, 1.82) is 0 Å². The van der Waals surface area contributed by atoms with Crippen LogP contribution in [-0.4, -0.2) is 36.7 Å². The van der Waals surface area contributed by atoms with Gasteiger partial charge in [-0.3, -0.25) is 0 Å². The number of carbonyl (C=O) groups excluding carboxylic acids is 1. The monoisotopic (exact) mass is 232 g/mol. The number of rotatable bonds is 3. The summed E-state index contributed by atoms with van der Waals surface area (Å²) >= 11 is 0. The first-order valence-corrected chi connectivity index (χ1v) is 5.57. The van der Waals surface area contributed by atoms with Crippen LogP contribution in [0.4, 0.5) is 4.79 Å². The molecule has 0 saturated heterocycles. The first-order chi connectivity index (χ1) is 8.18. The van der Waals surface area contributed by atoms with Crippen molar-refractivity contribution in [2.24, 2.45) is 0 Å². The Hall–Kier alpha value is -1.97. The van der Waals surface area contributed by atoms with Gasteiger partial charge in [0.05, 0.1) is 6.61 Å². The summed E-state index contributed by atoms with van der Waals surface area (Å²) in [7, 11) is 3.35. The van der Waals surface area contributed by atoms with Gasteiger partial charge in [0.25, 0.3) is 0 Å². The third-order valence-electron chi connectivity index (χ3n) is 2.64. The number of nitrogens with one attached hydrogen (secondary N) is 1. The predicted molar refractivity (Wildman–Crippen MR) is 67.0 cm³/mol. The number of para-hydroxylation sites is 1. The van der Waals surface area contributed by atoms with E-state index in [1.165, 1.54) is 15.8 Å². The van der Waals surface area contributed by atoms with Crippen LogP contribution in [0, 0.1) is 0 Å². The van der Waals surface area contributed by atoms with E-state index in [1.807, 2.05) is 24.4 Å². The minimum Gasteiger partial charge on any atom is -0.449 e. The Labute approximate surface area is 100 Å². The van der Waals surface area contributed by atoms with Crippen molar-refractivity contribution in [3.05, 3.63) is 36.0 Å². The maximum atomic E-state index is 11.2. The zero-order valence-corrected chi connectivity index (χ0v) is 10.1. The minimum atomic E-state index is -0.301. The molecule has 0 aliphatic rings. The van der Waals surface area contributed by atoms with Crippen LogP contribution < -0.4 is 0 Å². The molecule has 1 N–H and O–H groups in total. The standard InChI is InChI=1S/C13H16N2O2/c1-15(2)13(16)17-8-7-10-9-14-12-6-4-3-5-11(10)12/h3-6,9,14H,7-8H2,1-2H3. The van der Waals surface area contributed by atoms with E-state index in [-0.39, 0.29) is 6.09 Å². The van der Waals surface area contributed by atoms with Gasteiger partial charge in [-0.15, -0.1) is 0 Å². The Balaban J connectivity index is 1.98. The van der Waals surface area contributed by atoms with E-state index >= 15 is 0 Å². The average Bonchev–Trinajstić information content (AvgIpc) is 2.72. The molecule has 2 aromatic rings. The summed E-state index contributed by atoms with van der Waals surface area (Å²) in [6.45, 7) is 0.402. The first kappa shape index (κ1) is 11.5. The van der Waals surface area contributed by atoms with Crippen molar-refractivity contribution in [1.82, 2.24) is 9.88 Å². The van der Waals surface area contributed by atoms with E-state index in [9.17, 15) is 4.79 Å². The van der Waals surface area contributed by atoms with Crippen LogP contribution in [0.3, 0.4) is 0 Å². The molecule has 1 aromatic heterocycles. The van der Waals surface area contributed by atoms with E-state index in [4.69, 9.17) is 4.74 Å². The fourth-order valence-corrected chi connectivity index (χ4v) is 1.72.